The Morgan fingerprint density at radius 1 is 1.09 bits per heavy atom. The number of ether oxygens (including phenoxy) is 1. The van der Waals surface area contributed by atoms with Crippen molar-refractivity contribution in [2.24, 2.45) is 0 Å². The highest BCUT2D eigenvalue weighted by atomic mass is 16.5. The van der Waals surface area contributed by atoms with Gasteiger partial charge in [-0.1, -0.05) is 66.0 Å². The fraction of sp³-hybridized carbons (Fsp3) is 0.667. The summed E-state index contributed by atoms with van der Waals surface area (Å²) in [5.74, 6) is 1.06. The minimum atomic E-state index is -0.286. The van der Waals surface area contributed by atoms with E-state index in [1.165, 1.54) is 29.4 Å². The average molecular weight is 314 g/mol. The second-order valence-corrected chi connectivity index (χ2v) is 9.16. The number of hydrogen-bond acceptors (Lipinski definition) is 2. The summed E-state index contributed by atoms with van der Waals surface area (Å²) in [4.78, 5) is 12.1. The molecule has 1 aliphatic carbocycles. The van der Waals surface area contributed by atoms with E-state index >= 15 is 0 Å². The van der Waals surface area contributed by atoms with Gasteiger partial charge in [0, 0.05) is 16.5 Å². The fourth-order valence-electron chi connectivity index (χ4n) is 4.12. The van der Waals surface area contributed by atoms with Gasteiger partial charge < -0.3 is 9.53 Å². The van der Waals surface area contributed by atoms with Crippen LogP contribution in [-0.4, -0.2) is 12.9 Å². The predicted octanol–water partition coefficient (Wildman–Crippen LogP) is 5.05. The maximum absolute atomic E-state index is 12.1. The van der Waals surface area contributed by atoms with Gasteiger partial charge in [-0.3, -0.25) is 0 Å². The Morgan fingerprint density at radius 3 is 2.30 bits per heavy atom. The smallest absolute Gasteiger partial charge is 0.130 e. The van der Waals surface area contributed by atoms with Crippen LogP contribution in [0, 0.1) is 0 Å². The monoisotopic (exact) mass is 314 g/mol. The van der Waals surface area contributed by atoms with Crippen molar-refractivity contribution in [2.45, 2.75) is 83.0 Å². The zero-order valence-corrected chi connectivity index (χ0v) is 15.3. The van der Waals surface area contributed by atoms with Gasteiger partial charge in [-0.25, -0.2) is 0 Å². The zero-order valence-electron chi connectivity index (χ0n) is 15.3. The Kier molecular flexibility index (Phi) is 3.85. The van der Waals surface area contributed by atoms with E-state index in [0.717, 1.165) is 38.0 Å². The predicted molar refractivity (Wildman–Crippen MR) is 94.5 cm³/mol. The van der Waals surface area contributed by atoms with Gasteiger partial charge in [-0.15, -0.1) is 0 Å². The first kappa shape index (κ1) is 16.5. The summed E-state index contributed by atoms with van der Waals surface area (Å²) in [7, 11) is 0. The van der Waals surface area contributed by atoms with Crippen molar-refractivity contribution in [3.8, 4) is 5.75 Å². The summed E-state index contributed by atoms with van der Waals surface area (Å²) in [6.45, 7) is 11.9. The average Bonchev–Trinajstić information content (AvgIpc) is 2.82. The molecule has 0 unspecified atom stereocenters. The molecule has 2 heteroatoms. The van der Waals surface area contributed by atoms with Crippen molar-refractivity contribution in [1.29, 1.82) is 0 Å². The third-order valence-electron chi connectivity index (χ3n) is 5.75. The van der Waals surface area contributed by atoms with Gasteiger partial charge in [0.15, 0.2) is 0 Å². The van der Waals surface area contributed by atoms with E-state index in [2.05, 4.69) is 46.8 Å². The Balaban J connectivity index is 2.21. The summed E-state index contributed by atoms with van der Waals surface area (Å²) in [5, 5.41) is 0. The second kappa shape index (κ2) is 5.36. The summed E-state index contributed by atoms with van der Waals surface area (Å²) in [6.07, 6.45) is 6.76. The minimum absolute atomic E-state index is 0.0131. The lowest BCUT2D eigenvalue weighted by Gasteiger charge is -2.35. The molecule has 0 atom stereocenters. The van der Waals surface area contributed by atoms with Gasteiger partial charge in [0.1, 0.15) is 12.0 Å². The van der Waals surface area contributed by atoms with Gasteiger partial charge >= 0.3 is 0 Å². The summed E-state index contributed by atoms with van der Waals surface area (Å²) in [5.41, 5.74) is 3.50. The molecular weight excluding hydrogens is 284 g/mol. The van der Waals surface area contributed by atoms with Crippen LogP contribution in [-0.2, 0) is 21.0 Å². The second-order valence-electron chi connectivity index (χ2n) is 9.16. The van der Waals surface area contributed by atoms with E-state index in [9.17, 15) is 4.79 Å². The van der Waals surface area contributed by atoms with Crippen molar-refractivity contribution in [2.75, 3.05) is 6.61 Å². The lowest BCUT2D eigenvalue weighted by molar-refractivity contribution is -0.113. The normalized spacial score (nSPS) is 22.3. The molecule has 2 aliphatic rings. The number of hydrogen-bond donors (Lipinski definition) is 0. The molecule has 23 heavy (non-hydrogen) atoms. The van der Waals surface area contributed by atoms with Crippen LogP contribution >= 0.6 is 0 Å². The molecule has 1 heterocycles. The van der Waals surface area contributed by atoms with E-state index < -0.39 is 0 Å². The van der Waals surface area contributed by atoms with Crippen LogP contribution in [0.4, 0.5) is 0 Å². The van der Waals surface area contributed by atoms with E-state index in [0.29, 0.717) is 0 Å². The number of rotatable bonds is 2. The van der Waals surface area contributed by atoms with Gasteiger partial charge in [0.05, 0.1) is 12.0 Å². The van der Waals surface area contributed by atoms with Gasteiger partial charge in [0.25, 0.3) is 0 Å². The van der Waals surface area contributed by atoms with Gasteiger partial charge in [-0.05, 0) is 23.8 Å². The van der Waals surface area contributed by atoms with Crippen LogP contribution in [0.3, 0.4) is 0 Å². The van der Waals surface area contributed by atoms with Crippen LogP contribution < -0.4 is 4.74 Å². The van der Waals surface area contributed by atoms with Crippen molar-refractivity contribution in [1.82, 2.24) is 0 Å². The fourth-order valence-corrected chi connectivity index (χ4v) is 4.12. The van der Waals surface area contributed by atoms with E-state index in [-0.39, 0.29) is 16.2 Å². The van der Waals surface area contributed by atoms with Crippen LogP contribution in [0.25, 0.3) is 0 Å². The molecule has 1 aromatic carbocycles. The Morgan fingerprint density at radius 2 is 1.74 bits per heavy atom. The largest absolute Gasteiger partial charge is 0.492 e. The lowest BCUT2D eigenvalue weighted by Crippen LogP contribution is -2.32. The molecule has 0 N–H and O–H groups in total. The number of carbonyl (C=O) groups excluding carboxylic acids is 1. The third-order valence-corrected chi connectivity index (χ3v) is 5.75. The first-order valence-electron chi connectivity index (χ1n) is 8.98. The topological polar surface area (TPSA) is 26.3 Å². The molecule has 1 aromatic rings. The molecule has 2 nitrogen and oxygen atoms in total. The standard InChI is InChI=1S/C21H30O2/c1-19(2,3)16-11-15(21(13-22)9-7-6-8-10-21)12-17-18(16)23-14-20(17,4)5/h11-13H,6-10,14H2,1-5H3. The highest BCUT2D eigenvalue weighted by Gasteiger charge is 2.40. The van der Waals surface area contributed by atoms with Crippen LogP contribution in [0.15, 0.2) is 12.1 Å². The quantitative estimate of drug-likeness (QED) is 0.714. The highest BCUT2D eigenvalue weighted by Crippen LogP contribution is 2.48. The summed E-state index contributed by atoms with van der Waals surface area (Å²) in [6, 6.07) is 4.54. The van der Waals surface area contributed by atoms with Gasteiger partial charge in [-0.2, -0.15) is 0 Å². The van der Waals surface area contributed by atoms with Crippen molar-refractivity contribution >= 4 is 6.29 Å². The molecule has 0 spiro atoms. The molecular formula is C21H30O2. The molecule has 126 valence electrons. The molecule has 0 saturated heterocycles. The Labute approximate surface area is 140 Å². The molecule has 3 rings (SSSR count). The first-order chi connectivity index (χ1) is 10.7. The minimum Gasteiger partial charge on any atom is -0.492 e. The van der Waals surface area contributed by atoms with Crippen LogP contribution in [0.1, 0.15) is 83.4 Å². The SMILES string of the molecule is CC(C)(C)c1cc(C2(C=O)CCCCC2)cc2c1OCC2(C)C. The van der Waals surface area contributed by atoms with Crippen molar-refractivity contribution < 1.29 is 9.53 Å². The van der Waals surface area contributed by atoms with Crippen LogP contribution in [0.5, 0.6) is 5.75 Å². The van der Waals surface area contributed by atoms with E-state index in [1.54, 1.807) is 0 Å². The Bertz CT molecular complexity index is 613. The van der Waals surface area contributed by atoms with Gasteiger partial charge in [0.2, 0.25) is 0 Å². The molecule has 0 bridgehead atoms. The summed E-state index contributed by atoms with van der Waals surface area (Å²) >= 11 is 0. The van der Waals surface area contributed by atoms with Crippen molar-refractivity contribution in [3.05, 3.63) is 28.8 Å². The number of fused-ring (bicyclic) bond motifs is 1. The van der Waals surface area contributed by atoms with Crippen LogP contribution in [0.2, 0.25) is 0 Å². The molecule has 1 aliphatic heterocycles. The number of carbonyl (C=O) groups is 1. The number of benzene rings is 1. The molecule has 0 amide bonds. The zero-order chi connectivity index (χ0) is 16.9. The van der Waals surface area contributed by atoms with Crippen molar-refractivity contribution in [3.63, 3.8) is 0 Å². The number of aldehydes is 1. The highest BCUT2D eigenvalue weighted by molar-refractivity contribution is 5.70. The lowest BCUT2D eigenvalue weighted by atomic mass is 9.68. The molecule has 1 saturated carbocycles. The van der Waals surface area contributed by atoms with E-state index in [4.69, 9.17) is 4.74 Å². The summed E-state index contributed by atoms with van der Waals surface area (Å²) < 4.78 is 6.09. The third kappa shape index (κ3) is 2.70. The Hall–Kier alpha value is -1.31. The maximum Gasteiger partial charge on any atom is 0.130 e. The molecule has 1 fully saturated rings. The molecule has 0 radical (unpaired) electrons. The first-order valence-corrected chi connectivity index (χ1v) is 8.98. The maximum atomic E-state index is 12.1. The molecule has 0 aromatic heterocycles. The van der Waals surface area contributed by atoms with E-state index in [1.807, 2.05) is 0 Å².